The Labute approximate surface area is 108 Å². The third-order valence-electron chi connectivity index (χ3n) is 3.38. The van der Waals surface area contributed by atoms with E-state index in [-0.39, 0.29) is 23.5 Å². The zero-order valence-electron chi connectivity index (χ0n) is 11.3. The summed E-state index contributed by atoms with van der Waals surface area (Å²) in [7, 11) is 0. The standard InChI is InChI=1S/C13H21N3O2/c1-9-6-15(7-9)12(18)14-10-5-11(17)16(8-10)13(2,3)4/h10H,1,5-8H2,2-4H3,(H,14,18). The summed E-state index contributed by atoms with van der Waals surface area (Å²) >= 11 is 0. The molecule has 5 heteroatoms. The van der Waals surface area contributed by atoms with Crippen LogP contribution in [0.1, 0.15) is 27.2 Å². The van der Waals surface area contributed by atoms with Gasteiger partial charge >= 0.3 is 6.03 Å². The van der Waals surface area contributed by atoms with Crippen LogP contribution < -0.4 is 5.32 Å². The predicted octanol–water partition coefficient (Wildman–Crippen LogP) is 0.967. The maximum Gasteiger partial charge on any atom is 0.318 e. The lowest BCUT2D eigenvalue weighted by molar-refractivity contribution is -0.131. The molecule has 2 saturated heterocycles. The van der Waals surface area contributed by atoms with Crippen molar-refractivity contribution in [2.75, 3.05) is 19.6 Å². The van der Waals surface area contributed by atoms with E-state index >= 15 is 0 Å². The van der Waals surface area contributed by atoms with Crippen LogP contribution >= 0.6 is 0 Å². The largest absolute Gasteiger partial charge is 0.336 e. The van der Waals surface area contributed by atoms with Crippen molar-refractivity contribution in [3.63, 3.8) is 0 Å². The number of hydrogen-bond donors (Lipinski definition) is 1. The molecule has 0 saturated carbocycles. The van der Waals surface area contributed by atoms with Crippen LogP contribution in [0.4, 0.5) is 4.79 Å². The first-order valence-electron chi connectivity index (χ1n) is 6.30. The number of carbonyl (C=O) groups excluding carboxylic acids is 2. The summed E-state index contributed by atoms with van der Waals surface area (Å²) < 4.78 is 0. The Hall–Kier alpha value is -1.52. The lowest BCUT2D eigenvalue weighted by Crippen LogP contribution is -2.52. The van der Waals surface area contributed by atoms with Crippen LogP contribution in [0, 0.1) is 0 Å². The second-order valence-electron chi connectivity index (χ2n) is 6.13. The van der Waals surface area contributed by atoms with E-state index in [2.05, 4.69) is 11.9 Å². The second-order valence-corrected chi connectivity index (χ2v) is 6.13. The number of carbonyl (C=O) groups is 2. The van der Waals surface area contributed by atoms with Gasteiger partial charge in [0, 0.05) is 31.6 Å². The molecule has 0 aromatic heterocycles. The summed E-state index contributed by atoms with van der Waals surface area (Å²) in [6.45, 7) is 11.7. The highest BCUT2D eigenvalue weighted by atomic mass is 16.2. The summed E-state index contributed by atoms with van der Waals surface area (Å²) in [6, 6.07) is -0.158. The fourth-order valence-electron chi connectivity index (χ4n) is 2.36. The van der Waals surface area contributed by atoms with Gasteiger partial charge in [-0.05, 0) is 26.3 Å². The summed E-state index contributed by atoms with van der Waals surface area (Å²) in [5.41, 5.74) is 0.894. The maximum absolute atomic E-state index is 11.9. The van der Waals surface area contributed by atoms with E-state index in [1.165, 1.54) is 0 Å². The Bertz CT molecular complexity index is 390. The van der Waals surface area contributed by atoms with Gasteiger partial charge in [0.1, 0.15) is 0 Å². The lowest BCUT2D eigenvalue weighted by Gasteiger charge is -2.35. The van der Waals surface area contributed by atoms with E-state index in [1.807, 2.05) is 25.7 Å². The molecule has 100 valence electrons. The number of nitrogens with one attached hydrogen (secondary N) is 1. The van der Waals surface area contributed by atoms with E-state index < -0.39 is 0 Å². The monoisotopic (exact) mass is 251 g/mol. The third kappa shape index (κ3) is 2.49. The van der Waals surface area contributed by atoms with Crippen LogP contribution in [0.25, 0.3) is 0 Å². The zero-order valence-corrected chi connectivity index (χ0v) is 11.3. The molecule has 0 spiro atoms. The first kappa shape index (κ1) is 12.9. The van der Waals surface area contributed by atoms with Crippen LogP contribution in [0.2, 0.25) is 0 Å². The molecular formula is C13H21N3O2. The van der Waals surface area contributed by atoms with Gasteiger partial charge in [-0.1, -0.05) is 6.58 Å². The molecule has 1 unspecified atom stereocenters. The van der Waals surface area contributed by atoms with Gasteiger partial charge in [0.05, 0.1) is 6.04 Å². The first-order valence-corrected chi connectivity index (χ1v) is 6.30. The number of urea groups is 1. The molecule has 18 heavy (non-hydrogen) atoms. The molecular weight excluding hydrogens is 230 g/mol. The van der Waals surface area contributed by atoms with Gasteiger partial charge < -0.3 is 15.1 Å². The SMILES string of the molecule is C=C1CN(C(=O)NC2CC(=O)N(C(C)(C)C)C2)C1. The summed E-state index contributed by atoms with van der Waals surface area (Å²) in [4.78, 5) is 27.2. The van der Waals surface area contributed by atoms with Crippen molar-refractivity contribution in [1.82, 2.24) is 15.1 Å². The number of hydrogen-bond acceptors (Lipinski definition) is 2. The number of nitrogens with zero attached hydrogens (tertiary/aromatic N) is 2. The first-order chi connectivity index (χ1) is 8.27. The predicted molar refractivity (Wildman–Crippen MR) is 69.1 cm³/mol. The summed E-state index contributed by atoms with van der Waals surface area (Å²) in [5.74, 6) is 0.112. The quantitative estimate of drug-likeness (QED) is 0.706. The summed E-state index contributed by atoms with van der Waals surface area (Å²) in [6.07, 6.45) is 0.401. The van der Waals surface area contributed by atoms with E-state index in [0.717, 1.165) is 5.57 Å². The Morgan fingerprint density at radius 2 is 2.00 bits per heavy atom. The van der Waals surface area contributed by atoms with Gasteiger partial charge in [-0.2, -0.15) is 0 Å². The van der Waals surface area contributed by atoms with Gasteiger partial charge in [-0.25, -0.2) is 4.79 Å². The van der Waals surface area contributed by atoms with Crippen LogP contribution in [-0.4, -0.2) is 53.0 Å². The molecule has 1 N–H and O–H groups in total. The molecule has 2 rings (SSSR count). The number of likely N-dealkylation sites (tertiary alicyclic amines) is 2. The van der Waals surface area contributed by atoms with E-state index in [0.29, 0.717) is 26.1 Å². The van der Waals surface area contributed by atoms with Crippen LogP contribution in [0.15, 0.2) is 12.2 Å². The molecule has 1 atom stereocenters. The van der Waals surface area contributed by atoms with Crippen molar-refractivity contribution in [1.29, 1.82) is 0 Å². The minimum Gasteiger partial charge on any atom is -0.336 e. The molecule has 2 aliphatic heterocycles. The van der Waals surface area contributed by atoms with Crippen LogP contribution in [0.3, 0.4) is 0 Å². The highest BCUT2D eigenvalue weighted by Crippen LogP contribution is 2.22. The normalized spacial score (nSPS) is 24.3. The van der Waals surface area contributed by atoms with Crippen LogP contribution in [0.5, 0.6) is 0 Å². The molecule has 5 nitrogen and oxygen atoms in total. The third-order valence-corrected chi connectivity index (χ3v) is 3.38. The molecule has 0 radical (unpaired) electrons. The maximum atomic E-state index is 11.9. The van der Waals surface area contributed by atoms with Gasteiger partial charge in [0.15, 0.2) is 0 Å². The molecule has 0 bridgehead atoms. The Morgan fingerprint density at radius 1 is 1.39 bits per heavy atom. The highest BCUT2D eigenvalue weighted by molar-refractivity contribution is 5.82. The molecule has 3 amide bonds. The number of rotatable bonds is 1. The van der Waals surface area contributed by atoms with Gasteiger partial charge in [-0.3, -0.25) is 4.79 Å². The van der Waals surface area contributed by atoms with E-state index in [9.17, 15) is 9.59 Å². The number of amides is 3. The fraction of sp³-hybridized carbons (Fsp3) is 0.692. The fourth-order valence-corrected chi connectivity index (χ4v) is 2.36. The topological polar surface area (TPSA) is 52.7 Å². The average Bonchev–Trinajstić information content (AvgIpc) is 2.54. The van der Waals surface area contributed by atoms with Gasteiger partial charge in [0.25, 0.3) is 0 Å². The zero-order chi connectivity index (χ0) is 13.5. The molecule has 2 fully saturated rings. The average molecular weight is 251 g/mol. The van der Waals surface area contributed by atoms with Crippen molar-refractivity contribution in [3.05, 3.63) is 12.2 Å². The van der Waals surface area contributed by atoms with Crippen LogP contribution in [-0.2, 0) is 4.79 Å². The van der Waals surface area contributed by atoms with Crippen molar-refractivity contribution in [2.45, 2.75) is 38.8 Å². The van der Waals surface area contributed by atoms with Crippen molar-refractivity contribution < 1.29 is 9.59 Å². The second kappa shape index (κ2) is 4.30. The molecule has 0 aromatic rings. The van der Waals surface area contributed by atoms with Crippen molar-refractivity contribution >= 4 is 11.9 Å². The van der Waals surface area contributed by atoms with Crippen molar-refractivity contribution in [2.24, 2.45) is 0 Å². The highest BCUT2D eigenvalue weighted by Gasteiger charge is 2.37. The Balaban J connectivity index is 1.87. The minimum atomic E-state index is -0.179. The Kier molecular flexibility index (Phi) is 3.09. The molecule has 0 aromatic carbocycles. The minimum absolute atomic E-state index is 0.0712. The molecule has 0 aliphatic carbocycles. The molecule has 2 heterocycles. The summed E-state index contributed by atoms with van der Waals surface area (Å²) in [5, 5.41) is 2.92. The van der Waals surface area contributed by atoms with Gasteiger partial charge in [-0.15, -0.1) is 0 Å². The molecule has 2 aliphatic rings. The van der Waals surface area contributed by atoms with Crippen molar-refractivity contribution in [3.8, 4) is 0 Å². The lowest BCUT2D eigenvalue weighted by atomic mass is 10.1. The Morgan fingerprint density at radius 3 is 2.44 bits per heavy atom. The van der Waals surface area contributed by atoms with E-state index in [4.69, 9.17) is 0 Å². The van der Waals surface area contributed by atoms with E-state index in [1.54, 1.807) is 4.90 Å². The smallest absolute Gasteiger partial charge is 0.318 e. The van der Waals surface area contributed by atoms with Gasteiger partial charge in [0.2, 0.25) is 5.91 Å².